The lowest BCUT2D eigenvalue weighted by Gasteiger charge is -2.26. The molecule has 0 saturated carbocycles. The van der Waals surface area contributed by atoms with E-state index >= 15 is 0 Å². The van der Waals surface area contributed by atoms with Crippen LogP contribution in [0.2, 0.25) is 0 Å². The lowest BCUT2D eigenvalue weighted by atomic mass is 10.2. The molecule has 1 aliphatic heterocycles. The smallest absolute Gasteiger partial charge is 0.366 e. The predicted octanol–water partition coefficient (Wildman–Crippen LogP) is 0.764. The number of benzene rings is 1. The molecule has 2 heterocycles. The van der Waals surface area contributed by atoms with Crippen molar-refractivity contribution in [2.45, 2.75) is 18.9 Å². The van der Waals surface area contributed by atoms with Gasteiger partial charge in [-0.15, -0.1) is 0 Å². The molecule has 134 valence electrons. The summed E-state index contributed by atoms with van der Waals surface area (Å²) >= 11 is 0. The van der Waals surface area contributed by atoms with Gasteiger partial charge in [0.05, 0.1) is 6.61 Å². The van der Waals surface area contributed by atoms with Crippen molar-refractivity contribution < 1.29 is 14.2 Å². The van der Waals surface area contributed by atoms with Gasteiger partial charge in [-0.3, -0.25) is 0 Å². The zero-order chi connectivity index (χ0) is 17.5. The van der Waals surface area contributed by atoms with Crippen molar-refractivity contribution in [3.63, 3.8) is 0 Å². The summed E-state index contributed by atoms with van der Waals surface area (Å²) in [5.74, 6) is 1.86. The predicted molar refractivity (Wildman–Crippen MR) is 91.2 cm³/mol. The fourth-order valence-corrected chi connectivity index (χ4v) is 2.41. The van der Waals surface area contributed by atoms with Gasteiger partial charge in [0.2, 0.25) is 5.88 Å². The highest BCUT2D eigenvalue weighted by atomic mass is 16.6. The first-order valence-electron chi connectivity index (χ1n) is 8.35. The molecule has 2 aromatic rings. The normalized spacial score (nSPS) is 15.8. The van der Waals surface area contributed by atoms with Crippen LogP contribution in [-0.4, -0.2) is 47.2 Å². The Morgan fingerprint density at radius 3 is 3.00 bits per heavy atom. The summed E-state index contributed by atoms with van der Waals surface area (Å²) in [4.78, 5) is 15.1. The van der Waals surface area contributed by atoms with E-state index in [4.69, 9.17) is 14.2 Å². The Hall–Kier alpha value is -2.61. The monoisotopic (exact) mass is 346 g/mol. The molecule has 8 nitrogen and oxygen atoms in total. The van der Waals surface area contributed by atoms with Gasteiger partial charge in [-0.05, 0) is 31.5 Å². The largest absolute Gasteiger partial charge is 0.486 e. The highest BCUT2D eigenvalue weighted by Gasteiger charge is 2.19. The van der Waals surface area contributed by atoms with E-state index in [0.29, 0.717) is 13.2 Å². The van der Waals surface area contributed by atoms with Gasteiger partial charge in [0.1, 0.15) is 18.9 Å². The Bertz CT molecular complexity index is 749. The summed E-state index contributed by atoms with van der Waals surface area (Å²) in [5, 5.41) is 7.21. The van der Waals surface area contributed by atoms with Crippen LogP contribution in [0, 0.1) is 0 Å². The standard InChI is InChI=1S/C17H22N4O4/c1-21-17(22)20-16(11-19-21)23-9-5-4-8-18-10-13-12-24-14-6-2-3-7-15(14)25-13/h2-3,6-7,11,13,18H,4-5,8-10,12H2,1H3/t13-/m0/s1. The van der Waals surface area contributed by atoms with E-state index in [1.807, 2.05) is 24.3 Å². The van der Waals surface area contributed by atoms with E-state index < -0.39 is 5.69 Å². The third-order valence-electron chi connectivity index (χ3n) is 3.76. The Morgan fingerprint density at radius 1 is 1.32 bits per heavy atom. The maximum atomic E-state index is 11.3. The number of ether oxygens (including phenoxy) is 3. The van der Waals surface area contributed by atoms with Crippen LogP contribution in [-0.2, 0) is 7.05 Å². The Balaban J connectivity index is 1.27. The summed E-state index contributed by atoms with van der Waals surface area (Å²) in [5.41, 5.74) is -0.421. The summed E-state index contributed by atoms with van der Waals surface area (Å²) in [6.07, 6.45) is 3.26. The van der Waals surface area contributed by atoms with Gasteiger partial charge in [-0.25, -0.2) is 9.48 Å². The minimum absolute atomic E-state index is 0.0157. The summed E-state index contributed by atoms with van der Waals surface area (Å²) in [6, 6.07) is 7.69. The molecule has 0 aliphatic carbocycles. The highest BCUT2D eigenvalue weighted by molar-refractivity contribution is 5.40. The van der Waals surface area contributed by atoms with Crippen molar-refractivity contribution in [2.75, 3.05) is 26.3 Å². The Labute approximate surface area is 145 Å². The van der Waals surface area contributed by atoms with Gasteiger partial charge in [0, 0.05) is 13.6 Å². The zero-order valence-corrected chi connectivity index (χ0v) is 14.2. The van der Waals surface area contributed by atoms with E-state index in [2.05, 4.69) is 15.4 Å². The first kappa shape index (κ1) is 17.2. The number of fused-ring (bicyclic) bond motifs is 1. The quantitative estimate of drug-likeness (QED) is 0.706. The van der Waals surface area contributed by atoms with Crippen LogP contribution in [0.1, 0.15) is 12.8 Å². The average Bonchev–Trinajstić information content (AvgIpc) is 2.63. The number of nitrogens with zero attached hydrogens (tertiary/aromatic N) is 3. The fraction of sp³-hybridized carbons (Fsp3) is 0.471. The fourth-order valence-electron chi connectivity index (χ4n) is 2.41. The Kier molecular flexibility index (Phi) is 5.84. The maximum absolute atomic E-state index is 11.3. The second kappa shape index (κ2) is 8.48. The second-order valence-corrected chi connectivity index (χ2v) is 5.76. The number of aromatic nitrogens is 3. The topological polar surface area (TPSA) is 87.5 Å². The lowest BCUT2D eigenvalue weighted by molar-refractivity contribution is 0.0904. The maximum Gasteiger partial charge on any atom is 0.366 e. The number of hydrogen-bond acceptors (Lipinski definition) is 7. The SMILES string of the molecule is Cn1ncc(OCCCCNC[C@H]2COc3ccccc3O2)nc1=O. The molecular formula is C17H22N4O4. The van der Waals surface area contributed by atoms with Gasteiger partial charge in [0.15, 0.2) is 11.5 Å². The molecule has 0 spiro atoms. The van der Waals surface area contributed by atoms with Gasteiger partial charge >= 0.3 is 5.69 Å². The first-order valence-corrected chi connectivity index (χ1v) is 8.35. The lowest BCUT2D eigenvalue weighted by Crippen LogP contribution is -2.38. The molecular weight excluding hydrogens is 324 g/mol. The molecule has 0 fully saturated rings. The molecule has 25 heavy (non-hydrogen) atoms. The molecule has 3 rings (SSSR count). The molecule has 0 unspecified atom stereocenters. The van der Waals surface area contributed by atoms with Gasteiger partial charge in [0.25, 0.3) is 0 Å². The molecule has 0 amide bonds. The minimum Gasteiger partial charge on any atom is -0.486 e. The van der Waals surface area contributed by atoms with Gasteiger partial charge in [-0.2, -0.15) is 10.1 Å². The van der Waals surface area contributed by atoms with Crippen molar-refractivity contribution in [1.29, 1.82) is 0 Å². The number of para-hydroxylation sites is 2. The Morgan fingerprint density at radius 2 is 2.16 bits per heavy atom. The van der Waals surface area contributed by atoms with Gasteiger partial charge in [-0.1, -0.05) is 12.1 Å². The van der Waals surface area contributed by atoms with Crippen LogP contribution in [0.15, 0.2) is 35.3 Å². The second-order valence-electron chi connectivity index (χ2n) is 5.76. The molecule has 0 radical (unpaired) electrons. The molecule has 1 aromatic carbocycles. The van der Waals surface area contributed by atoms with Crippen LogP contribution in [0.3, 0.4) is 0 Å². The van der Waals surface area contributed by atoms with E-state index in [1.54, 1.807) is 7.05 Å². The van der Waals surface area contributed by atoms with Crippen LogP contribution >= 0.6 is 0 Å². The molecule has 8 heteroatoms. The van der Waals surface area contributed by atoms with Crippen LogP contribution < -0.4 is 25.2 Å². The molecule has 1 aliphatic rings. The van der Waals surface area contributed by atoms with Crippen LogP contribution in [0.4, 0.5) is 0 Å². The van der Waals surface area contributed by atoms with E-state index in [1.165, 1.54) is 6.20 Å². The number of rotatable bonds is 8. The molecule has 1 N–H and O–H groups in total. The van der Waals surface area contributed by atoms with Crippen molar-refractivity contribution in [3.05, 3.63) is 40.9 Å². The van der Waals surface area contributed by atoms with Crippen molar-refractivity contribution in [3.8, 4) is 17.4 Å². The van der Waals surface area contributed by atoms with Crippen molar-refractivity contribution in [1.82, 2.24) is 20.1 Å². The number of nitrogens with one attached hydrogen (secondary N) is 1. The van der Waals surface area contributed by atoms with Crippen LogP contribution in [0.25, 0.3) is 0 Å². The highest BCUT2D eigenvalue weighted by Crippen LogP contribution is 2.30. The first-order chi connectivity index (χ1) is 12.2. The van der Waals surface area contributed by atoms with E-state index in [0.717, 1.165) is 42.1 Å². The van der Waals surface area contributed by atoms with Gasteiger partial charge < -0.3 is 19.5 Å². The number of aryl methyl sites for hydroxylation is 1. The minimum atomic E-state index is -0.421. The number of hydrogen-bond donors (Lipinski definition) is 1. The molecule has 1 aromatic heterocycles. The summed E-state index contributed by atoms with van der Waals surface area (Å²) in [7, 11) is 1.55. The summed E-state index contributed by atoms with van der Waals surface area (Å²) in [6.45, 7) is 2.64. The number of unbranched alkanes of at least 4 members (excludes halogenated alkanes) is 1. The van der Waals surface area contributed by atoms with Crippen molar-refractivity contribution >= 4 is 0 Å². The van der Waals surface area contributed by atoms with E-state index in [-0.39, 0.29) is 12.0 Å². The molecule has 1 atom stereocenters. The summed E-state index contributed by atoms with van der Waals surface area (Å²) < 4.78 is 18.1. The molecule has 0 saturated heterocycles. The average molecular weight is 346 g/mol. The zero-order valence-electron chi connectivity index (χ0n) is 14.2. The third-order valence-corrected chi connectivity index (χ3v) is 3.76. The molecule has 0 bridgehead atoms. The van der Waals surface area contributed by atoms with Crippen LogP contribution in [0.5, 0.6) is 17.4 Å². The van der Waals surface area contributed by atoms with E-state index in [9.17, 15) is 4.79 Å². The van der Waals surface area contributed by atoms with Crippen molar-refractivity contribution in [2.24, 2.45) is 7.05 Å². The third kappa shape index (κ3) is 4.93.